The number of aromatic nitrogens is 1. The molecule has 0 aliphatic carbocycles. The standard InChI is InChI=1S/C18H19ClF3N3O2/c1-9-14-11(2-4-25(9)13(27)7-26)23-17-15(14)12(6-10(19)16(17)20)24-5-3-18(21,22)8-24/h6,9,23,26H,2-5,7-8H2,1H3/t9-/m0/s1. The van der Waals surface area contributed by atoms with E-state index < -0.39 is 36.8 Å². The van der Waals surface area contributed by atoms with Crippen molar-refractivity contribution in [1.82, 2.24) is 9.88 Å². The summed E-state index contributed by atoms with van der Waals surface area (Å²) in [7, 11) is 0. The number of H-pyrrole nitrogens is 1. The lowest BCUT2D eigenvalue weighted by molar-refractivity contribution is -0.136. The second kappa shape index (κ2) is 6.31. The molecule has 1 aromatic heterocycles. The number of nitrogens with zero attached hydrogens (tertiary/aromatic N) is 2. The van der Waals surface area contributed by atoms with Crippen LogP contribution >= 0.6 is 11.6 Å². The summed E-state index contributed by atoms with van der Waals surface area (Å²) in [4.78, 5) is 18.1. The van der Waals surface area contributed by atoms with Gasteiger partial charge in [0.25, 0.3) is 5.92 Å². The Morgan fingerprint density at radius 2 is 2.19 bits per heavy atom. The highest BCUT2D eigenvalue weighted by atomic mass is 35.5. The predicted octanol–water partition coefficient (Wildman–Crippen LogP) is 3.24. The normalized spacial score (nSPS) is 21.8. The molecule has 0 radical (unpaired) electrons. The second-order valence-electron chi connectivity index (χ2n) is 7.16. The van der Waals surface area contributed by atoms with Gasteiger partial charge in [0.1, 0.15) is 6.61 Å². The summed E-state index contributed by atoms with van der Waals surface area (Å²) in [5, 5.41) is 9.56. The van der Waals surface area contributed by atoms with E-state index >= 15 is 0 Å². The molecule has 5 nitrogen and oxygen atoms in total. The number of amides is 1. The van der Waals surface area contributed by atoms with E-state index in [1.54, 1.807) is 6.92 Å². The number of carbonyl (C=O) groups is 1. The minimum Gasteiger partial charge on any atom is -0.387 e. The van der Waals surface area contributed by atoms with Crippen LogP contribution < -0.4 is 4.90 Å². The Balaban J connectivity index is 1.92. The number of alkyl halides is 2. The topological polar surface area (TPSA) is 59.6 Å². The Kier molecular flexibility index (Phi) is 4.31. The lowest BCUT2D eigenvalue weighted by Gasteiger charge is -2.34. The van der Waals surface area contributed by atoms with Gasteiger partial charge >= 0.3 is 0 Å². The molecule has 9 heteroatoms. The van der Waals surface area contributed by atoms with Gasteiger partial charge < -0.3 is 19.9 Å². The first kappa shape index (κ1) is 18.4. The molecule has 1 fully saturated rings. The van der Waals surface area contributed by atoms with Gasteiger partial charge in [-0.2, -0.15) is 0 Å². The Labute approximate surface area is 158 Å². The van der Waals surface area contributed by atoms with Gasteiger partial charge in [0.15, 0.2) is 5.82 Å². The van der Waals surface area contributed by atoms with Crippen LogP contribution in [-0.2, 0) is 11.2 Å². The zero-order valence-corrected chi connectivity index (χ0v) is 15.4. The maximum Gasteiger partial charge on any atom is 0.266 e. The number of aliphatic hydroxyl groups excluding tert-OH is 1. The average molecular weight is 402 g/mol. The zero-order valence-electron chi connectivity index (χ0n) is 14.7. The quantitative estimate of drug-likeness (QED) is 0.812. The van der Waals surface area contributed by atoms with Crippen LogP contribution in [0.5, 0.6) is 0 Å². The molecule has 3 heterocycles. The van der Waals surface area contributed by atoms with Crippen LogP contribution in [-0.4, -0.2) is 53.1 Å². The molecule has 0 bridgehead atoms. The first-order chi connectivity index (χ1) is 12.7. The highest BCUT2D eigenvalue weighted by Gasteiger charge is 2.40. The number of aromatic amines is 1. The van der Waals surface area contributed by atoms with E-state index in [-0.39, 0.29) is 23.5 Å². The molecular weight excluding hydrogens is 383 g/mol. The third-order valence-electron chi connectivity index (χ3n) is 5.52. The van der Waals surface area contributed by atoms with Crippen LogP contribution in [0, 0.1) is 5.82 Å². The van der Waals surface area contributed by atoms with Crippen LogP contribution in [0.15, 0.2) is 6.07 Å². The van der Waals surface area contributed by atoms with Crippen molar-refractivity contribution in [2.45, 2.75) is 31.7 Å². The fourth-order valence-corrected chi connectivity index (χ4v) is 4.43. The molecule has 1 amide bonds. The monoisotopic (exact) mass is 401 g/mol. The van der Waals surface area contributed by atoms with Crippen molar-refractivity contribution in [1.29, 1.82) is 0 Å². The lowest BCUT2D eigenvalue weighted by Crippen LogP contribution is -2.40. The fourth-order valence-electron chi connectivity index (χ4n) is 4.23. The van der Waals surface area contributed by atoms with Crippen LogP contribution in [0.3, 0.4) is 0 Å². The van der Waals surface area contributed by atoms with Crippen LogP contribution in [0.1, 0.15) is 30.6 Å². The van der Waals surface area contributed by atoms with Crippen molar-refractivity contribution in [3.63, 3.8) is 0 Å². The van der Waals surface area contributed by atoms with Crippen LogP contribution in [0.2, 0.25) is 5.02 Å². The molecule has 2 aliphatic heterocycles. The number of hydrogen-bond donors (Lipinski definition) is 2. The van der Waals surface area contributed by atoms with E-state index in [0.29, 0.717) is 29.6 Å². The van der Waals surface area contributed by atoms with E-state index in [2.05, 4.69) is 4.98 Å². The smallest absolute Gasteiger partial charge is 0.266 e. The first-order valence-electron chi connectivity index (χ1n) is 8.79. The number of nitrogens with one attached hydrogen (secondary N) is 1. The van der Waals surface area contributed by atoms with Gasteiger partial charge in [-0.15, -0.1) is 0 Å². The number of hydrogen-bond acceptors (Lipinski definition) is 3. The van der Waals surface area contributed by atoms with Gasteiger partial charge in [0.05, 0.1) is 23.1 Å². The molecule has 1 saturated heterocycles. The van der Waals surface area contributed by atoms with Crippen molar-refractivity contribution in [2.24, 2.45) is 0 Å². The molecule has 2 aromatic rings. The number of halogens is 4. The van der Waals surface area contributed by atoms with Gasteiger partial charge in [-0.25, -0.2) is 13.2 Å². The molecular formula is C18H19ClF3N3O2. The highest BCUT2D eigenvalue weighted by Crippen LogP contribution is 2.44. The summed E-state index contributed by atoms with van der Waals surface area (Å²) in [6, 6.07) is 0.957. The number of carbonyl (C=O) groups excluding carboxylic acids is 1. The summed E-state index contributed by atoms with van der Waals surface area (Å²) in [6.45, 7) is 1.23. The van der Waals surface area contributed by atoms with E-state index in [0.717, 1.165) is 5.69 Å². The van der Waals surface area contributed by atoms with E-state index in [4.69, 9.17) is 11.6 Å². The third-order valence-corrected chi connectivity index (χ3v) is 5.80. The lowest BCUT2D eigenvalue weighted by atomic mass is 9.95. The van der Waals surface area contributed by atoms with Crippen molar-refractivity contribution < 1.29 is 23.1 Å². The van der Waals surface area contributed by atoms with Gasteiger partial charge in [0.2, 0.25) is 5.91 Å². The summed E-state index contributed by atoms with van der Waals surface area (Å²) in [5.41, 5.74) is 2.06. The minimum absolute atomic E-state index is 0.137. The highest BCUT2D eigenvalue weighted by molar-refractivity contribution is 6.32. The summed E-state index contributed by atoms with van der Waals surface area (Å²) >= 11 is 6.04. The number of anilines is 1. The third kappa shape index (κ3) is 2.86. The Hall–Kier alpha value is -1.93. The fraction of sp³-hybridized carbons (Fsp3) is 0.500. The number of benzene rings is 1. The van der Waals surface area contributed by atoms with Crippen molar-refractivity contribution >= 4 is 34.1 Å². The molecule has 2 aliphatic rings. The van der Waals surface area contributed by atoms with Gasteiger partial charge in [0, 0.05) is 48.3 Å². The molecule has 0 unspecified atom stereocenters. The molecule has 2 N–H and O–H groups in total. The second-order valence-corrected chi connectivity index (χ2v) is 7.56. The number of fused-ring (bicyclic) bond motifs is 3. The molecule has 0 saturated carbocycles. The Morgan fingerprint density at radius 1 is 1.44 bits per heavy atom. The Morgan fingerprint density at radius 3 is 2.81 bits per heavy atom. The minimum atomic E-state index is -2.81. The maximum absolute atomic E-state index is 14.7. The van der Waals surface area contributed by atoms with E-state index in [9.17, 15) is 23.1 Å². The van der Waals surface area contributed by atoms with Crippen molar-refractivity contribution in [3.8, 4) is 0 Å². The van der Waals surface area contributed by atoms with E-state index in [1.165, 1.54) is 15.9 Å². The SMILES string of the molecule is C[C@H]1c2c([nH]c3c(F)c(Cl)cc(N4CCC(F)(F)C4)c23)CCN1C(=O)CO. The van der Waals surface area contributed by atoms with Crippen molar-refractivity contribution in [2.75, 3.05) is 31.1 Å². The van der Waals surface area contributed by atoms with E-state index in [1.807, 2.05) is 0 Å². The average Bonchev–Trinajstić information content (AvgIpc) is 3.19. The Bertz CT molecular complexity index is 930. The molecule has 1 atom stereocenters. The molecule has 1 aromatic carbocycles. The maximum atomic E-state index is 14.7. The number of rotatable bonds is 2. The first-order valence-corrected chi connectivity index (χ1v) is 9.17. The molecule has 0 spiro atoms. The molecule has 27 heavy (non-hydrogen) atoms. The largest absolute Gasteiger partial charge is 0.387 e. The molecule has 4 rings (SSSR count). The van der Waals surface area contributed by atoms with Gasteiger partial charge in [-0.05, 0) is 13.0 Å². The molecule has 146 valence electrons. The summed E-state index contributed by atoms with van der Waals surface area (Å²) in [6.07, 6.45) is 0.174. The summed E-state index contributed by atoms with van der Waals surface area (Å²) < 4.78 is 42.3. The summed E-state index contributed by atoms with van der Waals surface area (Å²) in [5.74, 6) is -3.87. The predicted molar refractivity (Wildman–Crippen MR) is 96.0 cm³/mol. The van der Waals surface area contributed by atoms with Crippen molar-refractivity contribution in [3.05, 3.63) is 28.2 Å². The van der Waals surface area contributed by atoms with Gasteiger partial charge in [-0.1, -0.05) is 11.6 Å². The van der Waals surface area contributed by atoms with Gasteiger partial charge in [-0.3, -0.25) is 4.79 Å². The van der Waals surface area contributed by atoms with Crippen LogP contribution in [0.4, 0.5) is 18.9 Å². The zero-order chi connectivity index (χ0) is 19.5. The van der Waals surface area contributed by atoms with Crippen LogP contribution in [0.25, 0.3) is 10.9 Å². The number of aliphatic hydroxyl groups is 1.